The second-order valence-electron chi connectivity index (χ2n) is 3.26. The van der Waals surface area contributed by atoms with Gasteiger partial charge in [0.2, 0.25) is 0 Å². The molecule has 1 N–H and O–H groups in total. The van der Waals surface area contributed by atoms with Crippen molar-refractivity contribution in [3.8, 4) is 5.75 Å². The summed E-state index contributed by atoms with van der Waals surface area (Å²) in [6, 6.07) is 3.88. The van der Waals surface area contributed by atoms with E-state index in [1.54, 1.807) is 0 Å². The van der Waals surface area contributed by atoms with E-state index < -0.39 is 22.1 Å². The zero-order chi connectivity index (χ0) is 13.5. The van der Waals surface area contributed by atoms with Crippen molar-refractivity contribution >= 4 is 11.7 Å². The summed E-state index contributed by atoms with van der Waals surface area (Å²) in [5.41, 5.74) is -0.935. The van der Waals surface area contributed by atoms with E-state index in [1.807, 2.05) is 6.92 Å². The highest BCUT2D eigenvalue weighted by atomic mass is 16.6. The molecule has 0 aromatic heterocycles. The monoisotopic (exact) mass is 255 g/mol. The molecule has 0 radical (unpaired) electrons. The number of carboxylic acids is 1. The van der Waals surface area contributed by atoms with E-state index in [4.69, 9.17) is 14.6 Å². The first-order valence-electron chi connectivity index (χ1n) is 5.29. The van der Waals surface area contributed by atoms with Gasteiger partial charge in [-0.1, -0.05) is 6.07 Å². The lowest BCUT2D eigenvalue weighted by Crippen LogP contribution is -2.11. The minimum atomic E-state index is -1.39. The normalized spacial score (nSPS) is 10.1. The Morgan fingerprint density at radius 3 is 2.72 bits per heavy atom. The summed E-state index contributed by atoms with van der Waals surface area (Å²) < 4.78 is 10.2. The Morgan fingerprint density at radius 2 is 2.17 bits per heavy atom. The minimum Gasteiger partial charge on any atom is -0.490 e. The first-order chi connectivity index (χ1) is 8.57. The van der Waals surface area contributed by atoms with Crippen LogP contribution in [0.25, 0.3) is 0 Å². The number of nitro benzene ring substituents is 1. The molecule has 1 rings (SSSR count). The third-order valence-corrected chi connectivity index (χ3v) is 2.10. The first kappa shape index (κ1) is 13.9. The van der Waals surface area contributed by atoms with Gasteiger partial charge in [0.05, 0.1) is 11.5 Å². The van der Waals surface area contributed by atoms with Gasteiger partial charge in [-0.2, -0.15) is 0 Å². The Hall–Kier alpha value is -2.15. The van der Waals surface area contributed by atoms with E-state index in [0.29, 0.717) is 6.61 Å². The summed E-state index contributed by atoms with van der Waals surface area (Å²) in [7, 11) is 0. The van der Waals surface area contributed by atoms with Gasteiger partial charge in [-0.3, -0.25) is 10.1 Å². The summed E-state index contributed by atoms with van der Waals surface area (Å²) in [6.45, 7) is 2.76. The van der Waals surface area contributed by atoms with Crippen LogP contribution in [0, 0.1) is 10.1 Å². The summed E-state index contributed by atoms with van der Waals surface area (Å²) in [5, 5.41) is 19.7. The molecule has 0 spiro atoms. The third-order valence-electron chi connectivity index (χ3n) is 2.10. The molecule has 1 aromatic carbocycles. The molecule has 18 heavy (non-hydrogen) atoms. The van der Waals surface area contributed by atoms with Gasteiger partial charge in [0.1, 0.15) is 12.4 Å². The van der Waals surface area contributed by atoms with Gasteiger partial charge >= 0.3 is 5.97 Å². The number of nitro groups is 1. The summed E-state index contributed by atoms with van der Waals surface area (Å²) in [5.74, 6) is -1.43. The van der Waals surface area contributed by atoms with Gasteiger partial charge in [-0.15, -0.1) is 0 Å². The Balaban J connectivity index is 2.93. The zero-order valence-corrected chi connectivity index (χ0v) is 9.79. The van der Waals surface area contributed by atoms with Gasteiger partial charge in [0.15, 0.2) is 5.56 Å². The van der Waals surface area contributed by atoms with Gasteiger partial charge in [0.25, 0.3) is 5.69 Å². The van der Waals surface area contributed by atoms with Crippen LogP contribution in [0.15, 0.2) is 18.2 Å². The van der Waals surface area contributed by atoms with Crippen LogP contribution in [0.3, 0.4) is 0 Å². The topological polar surface area (TPSA) is 98.9 Å². The van der Waals surface area contributed by atoms with Crippen LogP contribution < -0.4 is 4.74 Å². The highest BCUT2D eigenvalue weighted by molar-refractivity contribution is 5.95. The predicted octanol–water partition coefficient (Wildman–Crippen LogP) is 1.71. The minimum absolute atomic E-state index is 0.0311. The fourth-order valence-corrected chi connectivity index (χ4v) is 1.36. The third kappa shape index (κ3) is 3.42. The van der Waals surface area contributed by atoms with Crippen LogP contribution >= 0.6 is 0 Å². The van der Waals surface area contributed by atoms with Gasteiger partial charge < -0.3 is 14.6 Å². The number of rotatable bonds is 7. The Kier molecular flexibility index (Phi) is 5.06. The standard InChI is InChI=1S/C11H13NO6/c1-2-17-6-7-18-9-5-3-4-8(12(15)16)10(9)11(13)14/h3-5H,2,6-7H2,1H3,(H,13,14). The summed E-state index contributed by atoms with van der Waals surface area (Å²) in [6.07, 6.45) is 0. The van der Waals surface area contributed by atoms with Crippen molar-refractivity contribution in [3.63, 3.8) is 0 Å². The van der Waals surface area contributed by atoms with Crippen LogP contribution in [-0.4, -0.2) is 35.8 Å². The lowest BCUT2D eigenvalue weighted by Gasteiger charge is -2.09. The molecule has 0 saturated carbocycles. The fraction of sp³-hybridized carbons (Fsp3) is 0.364. The van der Waals surface area contributed by atoms with Crippen LogP contribution in [0.2, 0.25) is 0 Å². The van der Waals surface area contributed by atoms with E-state index in [-0.39, 0.29) is 19.0 Å². The number of hydrogen-bond acceptors (Lipinski definition) is 5. The van der Waals surface area contributed by atoms with Crippen LogP contribution in [0.5, 0.6) is 5.75 Å². The zero-order valence-electron chi connectivity index (χ0n) is 9.79. The summed E-state index contributed by atoms with van der Waals surface area (Å²) in [4.78, 5) is 21.0. The lowest BCUT2D eigenvalue weighted by molar-refractivity contribution is -0.385. The van der Waals surface area contributed by atoms with Crippen LogP contribution in [-0.2, 0) is 4.74 Å². The van der Waals surface area contributed by atoms with E-state index in [0.717, 1.165) is 6.07 Å². The van der Waals surface area contributed by atoms with E-state index >= 15 is 0 Å². The van der Waals surface area contributed by atoms with Crippen molar-refractivity contribution in [2.24, 2.45) is 0 Å². The molecule has 0 unspecified atom stereocenters. The molecule has 1 aromatic rings. The van der Waals surface area contributed by atoms with Crippen LogP contribution in [0.4, 0.5) is 5.69 Å². The van der Waals surface area contributed by atoms with E-state index in [9.17, 15) is 14.9 Å². The maximum atomic E-state index is 11.0. The Morgan fingerprint density at radius 1 is 1.44 bits per heavy atom. The molecule has 0 amide bonds. The second kappa shape index (κ2) is 6.55. The van der Waals surface area contributed by atoms with Crippen LogP contribution in [0.1, 0.15) is 17.3 Å². The molecule has 0 aliphatic carbocycles. The van der Waals surface area contributed by atoms with Crippen molar-refractivity contribution in [3.05, 3.63) is 33.9 Å². The number of carbonyl (C=O) groups is 1. The molecule has 7 heteroatoms. The van der Waals surface area contributed by atoms with Crippen molar-refractivity contribution in [1.82, 2.24) is 0 Å². The van der Waals surface area contributed by atoms with Crippen molar-refractivity contribution in [2.45, 2.75) is 6.92 Å². The largest absolute Gasteiger partial charge is 0.490 e. The average Bonchev–Trinajstić information content (AvgIpc) is 2.33. The maximum Gasteiger partial charge on any atom is 0.346 e. The van der Waals surface area contributed by atoms with E-state index in [1.165, 1.54) is 12.1 Å². The molecule has 0 aliphatic heterocycles. The number of aromatic carboxylic acids is 1. The van der Waals surface area contributed by atoms with Crippen molar-refractivity contribution in [2.75, 3.05) is 19.8 Å². The predicted molar refractivity (Wildman–Crippen MR) is 62.0 cm³/mol. The van der Waals surface area contributed by atoms with E-state index in [2.05, 4.69) is 0 Å². The second-order valence-corrected chi connectivity index (χ2v) is 3.26. The molecule has 7 nitrogen and oxygen atoms in total. The first-order valence-corrected chi connectivity index (χ1v) is 5.29. The molecule has 0 saturated heterocycles. The highest BCUT2D eigenvalue weighted by Gasteiger charge is 2.24. The van der Waals surface area contributed by atoms with Gasteiger partial charge in [-0.25, -0.2) is 4.79 Å². The molecule has 0 aliphatic rings. The molecule has 98 valence electrons. The van der Waals surface area contributed by atoms with Gasteiger partial charge in [0, 0.05) is 12.7 Å². The maximum absolute atomic E-state index is 11.0. The molecule has 0 atom stereocenters. The number of carboxylic acid groups (broad SMARTS) is 1. The number of hydrogen-bond donors (Lipinski definition) is 1. The average molecular weight is 255 g/mol. The number of benzene rings is 1. The summed E-state index contributed by atoms with van der Waals surface area (Å²) >= 11 is 0. The fourth-order valence-electron chi connectivity index (χ4n) is 1.36. The van der Waals surface area contributed by atoms with Crippen molar-refractivity contribution < 1.29 is 24.3 Å². The molecule has 0 heterocycles. The quantitative estimate of drug-likeness (QED) is 0.452. The van der Waals surface area contributed by atoms with Gasteiger partial charge in [-0.05, 0) is 13.0 Å². The number of ether oxygens (including phenoxy) is 2. The molecular weight excluding hydrogens is 242 g/mol. The lowest BCUT2D eigenvalue weighted by atomic mass is 10.1. The smallest absolute Gasteiger partial charge is 0.346 e. The highest BCUT2D eigenvalue weighted by Crippen LogP contribution is 2.28. The molecule has 0 fully saturated rings. The Bertz CT molecular complexity index is 445. The number of nitrogens with zero attached hydrogens (tertiary/aromatic N) is 1. The molecule has 0 bridgehead atoms. The van der Waals surface area contributed by atoms with Crippen molar-refractivity contribution in [1.29, 1.82) is 0 Å². The SMILES string of the molecule is CCOCCOc1cccc([N+](=O)[O-])c1C(=O)O. The molecular formula is C11H13NO6. The Labute approximate surface area is 103 Å².